The van der Waals surface area contributed by atoms with Gasteiger partial charge in [0.05, 0.1) is 18.7 Å². The number of halogens is 1. The maximum atomic E-state index is 12.1. The summed E-state index contributed by atoms with van der Waals surface area (Å²) in [7, 11) is 1.50. The van der Waals surface area contributed by atoms with Crippen LogP contribution in [0.25, 0.3) is 0 Å². The van der Waals surface area contributed by atoms with Gasteiger partial charge in [-0.25, -0.2) is 0 Å². The summed E-state index contributed by atoms with van der Waals surface area (Å²) < 4.78 is 5.03. The Morgan fingerprint density at radius 3 is 2.82 bits per heavy atom. The molecule has 2 N–H and O–H groups in total. The quantitative estimate of drug-likeness (QED) is 0.592. The predicted molar refractivity (Wildman–Crippen MR) is 84.7 cm³/mol. The molecule has 6 nitrogen and oxygen atoms in total. The minimum absolute atomic E-state index is 0.0535. The third-order valence-corrected chi connectivity index (χ3v) is 3.18. The van der Waals surface area contributed by atoms with Gasteiger partial charge in [0.15, 0.2) is 0 Å². The Bertz CT molecular complexity index is 596. The molecular weight excluding hydrogens is 306 g/mol. The number of aliphatic hydroxyl groups is 1. The van der Waals surface area contributed by atoms with Gasteiger partial charge in [-0.05, 0) is 25.1 Å². The van der Waals surface area contributed by atoms with Gasteiger partial charge in [0.25, 0.3) is 5.91 Å². The Morgan fingerprint density at radius 1 is 1.59 bits per heavy atom. The fourth-order valence-electron chi connectivity index (χ4n) is 1.71. The van der Waals surface area contributed by atoms with E-state index in [2.05, 4.69) is 5.32 Å². The first-order valence-corrected chi connectivity index (χ1v) is 7.05. The first-order chi connectivity index (χ1) is 10.5. The maximum Gasteiger partial charge on any atom is 0.267 e. The lowest BCUT2D eigenvalue weighted by Crippen LogP contribution is -2.23. The Hall–Kier alpha value is -2.23. The number of carbonyl (C=O) groups excluding carboxylic acids is 1. The summed E-state index contributed by atoms with van der Waals surface area (Å²) in [5.41, 5.74) is 0.407. The van der Waals surface area contributed by atoms with Crippen molar-refractivity contribution in [2.45, 2.75) is 6.92 Å². The van der Waals surface area contributed by atoms with Crippen molar-refractivity contribution in [3.05, 3.63) is 35.0 Å². The fourth-order valence-corrected chi connectivity index (χ4v) is 1.96. The van der Waals surface area contributed by atoms with E-state index in [0.29, 0.717) is 29.5 Å². The number of carbonyl (C=O) groups is 1. The topological polar surface area (TPSA) is 85.6 Å². The molecule has 22 heavy (non-hydrogen) atoms. The van der Waals surface area contributed by atoms with Crippen LogP contribution in [-0.2, 0) is 4.79 Å². The molecule has 0 unspecified atom stereocenters. The van der Waals surface area contributed by atoms with E-state index in [1.165, 1.54) is 13.3 Å². The number of rotatable bonds is 7. The molecule has 118 valence electrons. The van der Waals surface area contributed by atoms with Crippen molar-refractivity contribution in [1.29, 1.82) is 5.26 Å². The Labute approximate surface area is 134 Å². The lowest BCUT2D eigenvalue weighted by molar-refractivity contribution is -0.112. The molecular formula is C15H18ClN3O3. The molecule has 0 spiro atoms. The summed E-state index contributed by atoms with van der Waals surface area (Å²) in [4.78, 5) is 13.8. The third-order valence-electron chi connectivity index (χ3n) is 2.88. The number of methoxy groups -OCH3 is 1. The zero-order chi connectivity index (χ0) is 16.5. The van der Waals surface area contributed by atoms with Crippen molar-refractivity contribution in [2.75, 3.05) is 32.1 Å². The zero-order valence-electron chi connectivity index (χ0n) is 12.5. The average Bonchev–Trinajstić information content (AvgIpc) is 2.51. The number of aliphatic hydroxyl groups excluding tert-OH is 1. The van der Waals surface area contributed by atoms with Crippen molar-refractivity contribution in [3.8, 4) is 11.8 Å². The largest absolute Gasteiger partial charge is 0.495 e. The van der Waals surface area contributed by atoms with Crippen LogP contribution in [0.5, 0.6) is 5.75 Å². The monoisotopic (exact) mass is 323 g/mol. The molecule has 7 heteroatoms. The van der Waals surface area contributed by atoms with E-state index in [9.17, 15) is 4.79 Å². The Morgan fingerprint density at radius 2 is 2.32 bits per heavy atom. The molecule has 0 aliphatic carbocycles. The van der Waals surface area contributed by atoms with E-state index < -0.39 is 5.91 Å². The highest BCUT2D eigenvalue weighted by atomic mass is 35.5. The molecule has 0 heterocycles. The Kier molecular flexibility index (Phi) is 7.23. The van der Waals surface area contributed by atoms with Crippen LogP contribution in [0.4, 0.5) is 5.69 Å². The second kappa shape index (κ2) is 8.93. The van der Waals surface area contributed by atoms with Gasteiger partial charge in [0.2, 0.25) is 0 Å². The molecule has 0 atom stereocenters. The first-order valence-electron chi connectivity index (χ1n) is 6.67. The summed E-state index contributed by atoms with van der Waals surface area (Å²) in [6.07, 6.45) is 1.43. The number of likely N-dealkylation sites (N-methyl/N-ethyl adjacent to an activating group) is 1. The van der Waals surface area contributed by atoms with Crippen LogP contribution >= 0.6 is 11.6 Å². The standard InChI is InChI=1S/C15H18ClN3O3/c1-3-19(6-7-20)10-11(9-17)15(21)18-12-4-5-14(22-2)13(16)8-12/h4-5,8,10,20H,3,6-7H2,1-2H3,(H,18,21)/b11-10-. The highest BCUT2D eigenvalue weighted by molar-refractivity contribution is 6.32. The number of hydrogen-bond donors (Lipinski definition) is 2. The van der Waals surface area contributed by atoms with Crippen molar-refractivity contribution in [2.24, 2.45) is 0 Å². The van der Waals surface area contributed by atoms with E-state index in [-0.39, 0.29) is 12.2 Å². The van der Waals surface area contributed by atoms with Gasteiger partial charge in [-0.3, -0.25) is 4.79 Å². The molecule has 0 bridgehead atoms. The van der Waals surface area contributed by atoms with Crippen LogP contribution in [0.2, 0.25) is 5.02 Å². The van der Waals surface area contributed by atoms with Gasteiger partial charge >= 0.3 is 0 Å². The molecule has 1 amide bonds. The molecule has 0 aromatic heterocycles. The molecule has 0 fully saturated rings. The summed E-state index contributed by atoms with van der Waals surface area (Å²) in [5.74, 6) is -0.0454. The number of hydrogen-bond acceptors (Lipinski definition) is 5. The second-order valence-electron chi connectivity index (χ2n) is 4.31. The molecule has 1 aromatic carbocycles. The molecule has 0 radical (unpaired) electrons. The zero-order valence-corrected chi connectivity index (χ0v) is 13.2. The first kappa shape index (κ1) is 17.8. The summed E-state index contributed by atoms with van der Waals surface area (Å²) in [6, 6.07) is 6.64. The minimum atomic E-state index is -0.542. The SMILES string of the molecule is CCN(/C=C(/C#N)C(=O)Nc1ccc(OC)c(Cl)c1)CCO. The van der Waals surface area contributed by atoms with Gasteiger partial charge < -0.3 is 20.1 Å². The van der Waals surface area contributed by atoms with E-state index in [1.54, 1.807) is 23.1 Å². The number of anilines is 1. The highest BCUT2D eigenvalue weighted by Crippen LogP contribution is 2.27. The summed E-state index contributed by atoms with van der Waals surface area (Å²) >= 11 is 5.98. The highest BCUT2D eigenvalue weighted by Gasteiger charge is 2.12. The third kappa shape index (κ3) is 4.95. The fraction of sp³-hybridized carbons (Fsp3) is 0.333. The average molecular weight is 324 g/mol. The molecule has 0 saturated heterocycles. The van der Waals surface area contributed by atoms with E-state index in [1.807, 2.05) is 13.0 Å². The number of nitriles is 1. The van der Waals surface area contributed by atoms with Crippen molar-refractivity contribution >= 4 is 23.2 Å². The summed E-state index contributed by atoms with van der Waals surface area (Å²) in [6.45, 7) is 2.73. The predicted octanol–water partition coefficient (Wildman–Crippen LogP) is 2.01. The maximum absolute atomic E-state index is 12.1. The number of ether oxygens (including phenoxy) is 1. The van der Waals surface area contributed by atoms with Crippen LogP contribution in [0.3, 0.4) is 0 Å². The number of nitrogens with zero attached hydrogens (tertiary/aromatic N) is 2. The van der Waals surface area contributed by atoms with Crippen molar-refractivity contribution < 1.29 is 14.6 Å². The van der Waals surface area contributed by atoms with Crippen LogP contribution in [-0.4, -0.2) is 42.7 Å². The van der Waals surface area contributed by atoms with Gasteiger partial charge in [-0.15, -0.1) is 0 Å². The van der Waals surface area contributed by atoms with Crippen LogP contribution in [0.15, 0.2) is 30.0 Å². The van der Waals surface area contributed by atoms with Crippen molar-refractivity contribution in [3.63, 3.8) is 0 Å². The van der Waals surface area contributed by atoms with E-state index >= 15 is 0 Å². The molecule has 1 rings (SSSR count). The van der Waals surface area contributed by atoms with Gasteiger partial charge in [-0.2, -0.15) is 5.26 Å². The van der Waals surface area contributed by atoms with Gasteiger partial charge in [-0.1, -0.05) is 11.6 Å². The van der Waals surface area contributed by atoms with Crippen LogP contribution in [0.1, 0.15) is 6.92 Å². The van der Waals surface area contributed by atoms with Crippen molar-refractivity contribution in [1.82, 2.24) is 4.90 Å². The van der Waals surface area contributed by atoms with E-state index in [4.69, 9.17) is 26.7 Å². The molecule has 1 aromatic rings. The molecule has 0 aliphatic rings. The Balaban J connectivity index is 2.87. The normalized spacial score (nSPS) is 10.8. The number of amides is 1. The number of nitrogens with one attached hydrogen (secondary N) is 1. The molecule has 0 aliphatic heterocycles. The lowest BCUT2D eigenvalue weighted by Gasteiger charge is -2.17. The van der Waals surface area contributed by atoms with Gasteiger partial charge in [0.1, 0.15) is 17.4 Å². The van der Waals surface area contributed by atoms with Gasteiger partial charge in [0, 0.05) is 25.0 Å². The summed E-state index contributed by atoms with van der Waals surface area (Å²) in [5, 5.41) is 21.0. The van der Waals surface area contributed by atoms with E-state index in [0.717, 1.165) is 0 Å². The lowest BCUT2D eigenvalue weighted by atomic mass is 10.2. The smallest absolute Gasteiger partial charge is 0.267 e. The molecule has 0 saturated carbocycles. The number of benzene rings is 1. The second-order valence-corrected chi connectivity index (χ2v) is 4.72. The van der Waals surface area contributed by atoms with Crippen LogP contribution in [0, 0.1) is 11.3 Å². The van der Waals surface area contributed by atoms with Crippen LogP contribution < -0.4 is 10.1 Å². The minimum Gasteiger partial charge on any atom is -0.495 e.